The number of rotatable bonds is 3. The molecule has 1 aromatic rings. The fraction of sp³-hybridized carbons (Fsp3) is 0.417. The van der Waals surface area contributed by atoms with E-state index in [0.717, 1.165) is 18.4 Å². The van der Waals surface area contributed by atoms with Crippen LogP contribution in [0.25, 0.3) is 0 Å². The number of halogens is 1. The summed E-state index contributed by atoms with van der Waals surface area (Å²) < 4.78 is 13.0. The third-order valence-electron chi connectivity index (χ3n) is 2.67. The first kappa shape index (κ1) is 10.1. The molecule has 1 saturated carbocycles. The molecule has 1 aromatic carbocycles. The third-order valence-corrected chi connectivity index (χ3v) is 2.67. The molecule has 0 amide bonds. The number of hydrogen-bond acceptors (Lipinski definition) is 1. The lowest BCUT2D eigenvalue weighted by Crippen LogP contribution is -2.15. The van der Waals surface area contributed by atoms with E-state index in [1.807, 2.05) is 13.0 Å². The predicted molar refractivity (Wildman–Crippen MR) is 59.2 cm³/mol. The molecule has 0 aromatic heterocycles. The molecule has 15 heavy (non-hydrogen) atoms. The lowest BCUT2D eigenvalue weighted by atomic mass is 10.1. The second-order valence-corrected chi connectivity index (χ2v) is 4.06. The molecule has 0 radical (unpaired) electrons. The summed E-state index contributed by atoms with van der Waals surface area (Å²) >= 11 is 0. The predicted octanol–water partition coefficient (Wildman–Crippen LogP) is 2.65. The molecule has 1 atom stereocenters. The van der Waals surface area contributed by atoms with Gasteiger partial charge >= 0.3 is 0 Å². The van der Waals surface area contributed by atoms with Crippen LogP contribution in [0.1, 0.15) is 31.4 Å². The molecule has 1 aliphatic carbocycles. The van der Waals surface area contributed by atoms with E-state index in [2.05, 4.69) is 4.99 Å². The molecular weight excluding hydrogens is 191 g/mol. The summed E-state index contributed by atoms with van der Waals surface area (Å²) in [6, 6.07) is 6.46. The zero-order valence-electron chi connectivity index (χ0n) is 8.78. The van der Waals surface area contributed by atoms with E-state index in [1.54, 1.807) is 6.07 Å². The fourth-order valence-electron chi connectivity index (χ4n) is 1.55. The second-order valence-electron chi connectivity index (χ2n) is 4.06. The van der Waals surface area contributed by atoms with Gasteiger partial charge in [-0.25, -0.2) is 4.39 Å². The van der Waals surface area contributed by atoms with Crippen LogP contribution < -0.4 is 5.73 Å². The Balaban J connectivity index is 2.13. The van der Waals surface area contributed by atoms with Crippen molar-refractivity contribution in [1.82, 2.24) is 0 Å². The number of hydrogen-bond donors (Lipinski definition) is 1. The van der Waals surface area contributed by atoms with Gasteiger partial charge in [-0.15, -0.1) is 0 Å². The molecule has 0 saturated heterocycles. The summed E-state index contributed by atoms with van der Waals surface area (Å²) in [6.07, 6.45) is 2.29. The molecule has 2 rings (SSSR count). The fourth-order valence-corrected chi connectivity index (χ4v) is 1.55. The van der Waals surface area contributed by atoms with E-state index in [-0.39, 0.29) is 11.9 Å². The van der Waals surface area contributed by atoms with Crippen molar-refractivity contribution >= 4 is 5.84 Å². The van der Waals surface area contributed by atoms with Gasteiger partial charge in [0.1, 0.15) is 5.82 Å². The Morgan fingerprint density at radius 3 is 2.87 bits per heavy atom. The molecular formula is C12H15FN2. The number of nitrogens with two attached hydrogens (primary N) is 1. The van der Waals surface area contributed by atoms with Crippen molar-refractivity contribution in [2.24, 2.45) is 16.6 Å². The minimum Gasteiger partial charge on any atom is -0.387 e. The maximum atomic E-state index is 13.0. The number of amidine groups is 1. The van der Waals surface area contributed by atoms with Crippen LogP contribution in [0.4, 0.5) is 4.39 Å². The maximum absolute atomic E-state index is 13.0. The number of nitrogens with zero attached hydrogens (tertiary/aromatic N) is 1. The first-order chi connectivity index (χ1) is 7.16. The summed E-state index contributed by atoms with van der Waals surface area (Å²) in [7, 11) is 0. The Bertz CT molecular complexity index is 383. The molecule has 0 aliphatic heterocycles. The molecule has 0 spiro atoms. The van der Waals surface area contributed by atoms with E-state index in [1.165, 1.54) is 12.1 Å². The Morgan fingerprint density at radius 2 is 2.27 bits per heavy atom. The van der Waals surface area contributed by atoms with Crippen molar-refractivity contribution in [3.8, 4) is 0 Å². The molecule has 1 unspecified atom stereocenters. The smallest absolute Gasteiger partial charge is 0.123 e. The highest BCUT2D eigenvalue weighted by atomic mass is 19.1. The largest absolute Gasteiger partial charge is 0.387 e. The lowest BCUT2D eigenvalue weighted by Gasteiger charge is -2.08. The third kappa shape index (κ3) is 2.55. The average molecular weight is 206 g/mol. The van der Waals surface area contributed by atoms with Crippen molar-refractivity contribution in [1.29, 1.82) is 0 Å². The molecule has 1 fully saturated rings. The SMILES string of the molecule is CC(N=C(N)C1CC1)c1cccc(F)c1. The Morgan fingerprint density at radius 1 is 1.53 bits per heavy atom. The molecule has 2 N–H and O–H groups in total. The van der Waals surface area contributed by atoms with Crippen LogP contribution in [-0.2, 0) is 0 Å². The first-order valence-corrected chi connectivity index (χ1v) is 5.25. The van der Waals surface area contributed by atoms with Crippen molar-refractivity contribution in [3.05, 3.63) is 35.6 Å². The molecule has 1 aliphatic rings. The summed E-state index contributed by atoms with van der Waals surface area (Å²) in [6.45, 7) is 1.93. The van der Waals surface area contributed by atoms with E-state index in [9.17, 15) is 4.39 Å². The van der Waals surface area contributed by atoms with Crippen molar-refractivity contribution in [2.75, 3.05) is 0 Å². The van der Waals surface area contributed by atoms with E-state index in [4.69, 9.17) is 5.73 Å². The zero-order valence-corrected chi connectivity index (χ0v) is 8.78. The Kier molecular flexibility index (Phi) is 2.71. The molecule has 2 nitrogen and oxygen atoms in total. The number of aliphatic imine (C=N–C) groups is 1. The summed E-state index contributed by atoms with van der Waals surface area (Å²) in [4.78, 5) is 4.38. The molecule has 0 bridgehead atoms. The van der Waals surface area contributed by atoms with Gasteiger partial charge in [-0.2, -0.15) is 0 Å². The van der Waals surface area contributed by atoms with Crippen molar-refractivity contribution in [3.63, 3.8) is 0 Å². The normalized spacial score (nSPS) is 18.9. The lowest BCUT2D eigenvalue weighted by molar-refractivity contribution is 0.622. The highest BCUT2D eigenvalue weighted by Crippen LogP contribution is 2.30. The highest BCUT2D eigenvalue weighted by molar-refractivity contribution is 5.85. The standard InChI is InChI=1S/C12H15FN2/c1-8(15-12(14)9-5-6-9)10-3-2-4-11(13)7-10/h2-4,7-9H,5-6H2,1H3,(H2,14,15). The van der Waals surface area contributed by atoms with Gasteiger partial charge in [-0.3, -0.25) is 4.99 Å². The minimum absolute atomic E-state index is 0.0544. The van der Waals surface area contributed by atoms with Crippen LogP contribution in [0.2, 0.25) is 0 Å². The van der Waals surface area contributed by atoms with Crippen LogP contribution >= 0.6 is 0 Å². The van der Waals surface area contributed by atoms with Gasteiger partial charge in [-0.05, 0) is 37.5 Å². The summed E-state index contributed by atoms with van der Waals surface area (Å²) in [5.74, 6) is 0.965. The van der Waals surface area contributed by atoms with Gasteiger partial charge in [0.15, 0.2) is 0 Å². The summed E-state index contributed by atoms with van der Waals surface area (Å²) in [5, 5.41) is 0. The van der Waals surface area contributed by atoms with E-state index < -0.39 is 0 Å². The maximum Gasteiger partial charge on any atom is 0.123 e. The van der Waals surface area contributed by atoms with Crippen LogP contribution in [0.5, 0.6) is 0 Å². The number of benzene rings is 1. The van der Waals surface area contributed by atoms with E-state index in [0.29, 0.717) is 11.8 Å². The quantitative estimate of drug-likeness (QED) is 0.599. The molecule has 80 valence electrons. The van der Waals surface area contributed by atoms with Gasteiger partial charge in [-0.1, -0.05) is 12.1 Å². The van der Waals surface area contributed by atoms with Gasteiger partial charge in [0.2, 0.25) is 0 Å². The second kappa shape index (κ2) is 4.01. The zero-order chi connectivity index (χ0) is 10.8. The minimum atomic E-state index is -0.223. The van der Waals surface area contributed by atoms with Crippen LogP contribution in [-0.4, -0.2) is 5.84 Å². The topological polar surface area (TPSA) is 38.4 Å². The Hall–Kier alpha value is -1.38. The monoisotopic (exact) mass is 206 g/mol. The molecule has 3 heteroatoms. The molecule has 0 heterocycles. The Labute approximate surface area is 89.0 Å². The van der Waals surface area contributed by atoms with Gasteiger partial charge in [0.25, 0.3) is 0 Å². The van der Waals surface area contributed by atoms with Crippen LogP contribution in [0.3, 0.4) is 0 Å². The van der Waals surface area contributed by atoms with Gasteiger partial charge in [0, 0.05) is 5.92 Å². The van der Waals surface area contributed by atoms with Crippen molar-refractivity contribution in [2.45, 2.75) is 25.8 Å². The highest BCUT2D eigenvalue weighted by Gasteiger charge is 2.25. The van der Waals surface area contributed by atoms with Crippen LogP contribution in [0, 0.1) is 11.7 Å². The van der Waals surface area contributed by atoms with Crippen LogP contribution in [0.15, 0.2) is 29.3 Å². The first-order valence-electron chi connectivity index (χ1n) is 5.25. The van der Waals surface area contributed by atoms with Gasteiger partial charge < -0.3 is 5.73 Å². The van der Waals surface area contributed by atoms with E-state index >= 15 is 0 Å². The van der Waals surface area contributed by atoms with Crippen molar-refractivity contribution < 1.29 is 4.39 Å². The average Bonchev–Trinajstić information content (AvgIpc) is 3.00. The van der Waals surface area contributed by atoms with Gasteiger partial charge in [0.05, 0.1) is 11.9 Å². The summed E-state index contributed by atoms with van der Waals surface area (Å²) in [5.41, 5.74) is 6.69.